The van der Waals surface area contributed by atoms with E-state index < -0.39 is 10.0 Å². The molecule has 3 fully saturated rings. The van der Waals surface area contributed by atoms with Crippen LogP contribution in [0, 0.1) is 11.8 Å². The van der Waals surface area contributed by atoms with Gasteiger partial charge >= 0.3 is 0 Å². The maximum absolute atomic E-state index is 12.7. The fourth-order valence-electron chi connectivity index (χ4n) is 3.48. The van der Waals surface area contributed by atoms with Crippen LogP contribution in [0.4, 0.5) is 5.69 Å². The number of anilines is 1. The van der Waals surface area contributed by atoms with Crippen LogP contribution in [-0.4, -0.2) is 53.5 Å². The number of aromatic nitrogens is 2. The van der Waals surface area contributed by atoms with Crippen LogP contribution in [0.15, 0.2) is 18.7 Å². The van der Waals surface area contributed by atoms with E-state index in [1.54, 1.807) is 21.6 Å². The van der Waals surface area contributed by atoms with E-state index in [4.69, 9.17) is 0 Å². The molecule has 1 aromatic rings. The summed E-state index contributed by atoms with van der Waals surface area (Å²) in [7, 11) is -3.19. The fraction of sp³-hybridized carbons (Fsp3) is 0.643. The third-order valence-corrected chi connectivity index (χ3v) is 7.21. The van der Waals surface area contributed by atoms with Crippen LogP contribution in [0.2, 0.25) is 0 Å². The molecule has 2 aliphatic heterocycles. The molecular weight excluding hydrogens is 304 g/mol. The number of rotatable bonds is 3. The van der Waals surface area contributed by atoms with Crippen molar-refractivity contribution in [2.45, 2.75) is 24.5 Å². The molecule has 118 valence electrons. The zero-order chi connectivity index (χ0) is 15.3. The van der Waals surface area contributed by atoms with E-state index in [1.165, 1.54) is 6.33 Å². The first kappa shape index (κ1) is 14.1. The van der Waals surface area contributed by atoms with Crippen LogP contribution < -0.4 is 4.90 Å². The monoisotopic (exact) mass is 322 g/mol. The molecular formula is C14H18N4O3S. The number of hydrogen-bond acceptors (Lipinski definition) is 5. The second-order valence-electron chi connectivity index (χ2n) is 6.30. The van der Waals surface area contributed by atoms with Crippen molar-refractivity contribution in [1.82, 2.24) is 14.3 Å². The molecule has 7 nitrogen and oxygen atoms in total. The zero-order valence-electron chi connectivity index (χ0n) is 12.1. The summed E-state index contributed by atoms with van der Waals surface area (Å²) in [5.74, 6) is -0.0936. The molecule has 1 amide bonds. The van der Waals surface area contributed by atoms with Crippen molar-refractivity contribution in [3.8, 4) is 0 Å². The second kappa shape index (κ2) is 4.99. The van der Waals surface area contributed by atoms with E-state index in [2.05, 4.69) is 9.97 Å². The third-order valence-electron chi connectivity index (χ3n) is 4.88. The quantitative estimate of drug-likeness (QED) is 0.797. The summed E-state index contributed by atoms with van der Waals surface area (Å²) in [5, 5.41) is -0.207. The lowest BCUT2D eigenvalue weighted by Gasteiger charge is -2.33. The molecule has 22 heavy (non-hydrogen) atoms. The van der Waals surface area contributed by atoms with E-state index in [0.717, 1.165) is 19.3 Å². The van der Waals surface area contributed by atoms with Crippen molar-refractivity contribution >= 4 is 21.6 Å². The van der Waals surface area contributed by atoms with Gasteiger partial charge in [0.2, 0.25) is 15.9 Å². The molecule has 1 saturated carbocycles. The number of nitrogens with zero attached hydrogens (tertiary/aromatic N) is 4. The van der Waals surface area contributed by atoms with Gasteiger partial charge in [0, 0.05) is 19.6 Å². The van der Waals surface area contributed by atoms with E-state index >= 15 is 0 Å². The van der Waals surface area contributed by atoms with E-state index in [-0.39, 0.29) is 23.0 Å². The summed E-state index contributed by atoms with van der Waals surface area (Å²) in [6.45, 7) is 1.42. The molecule has 0 unspecified atom stereocenters. The molecule has 3 aliphatic rings. The number of sulfonamides is 1. The normalized spacial score (nSPS) is 29.6. The van der Waals surface area contributed by atoms with E-state index in [9.17, 15) is 13.2 Å². The van der Waals surface area contributed by atoms with Gasteiger partial charge in [0.15, 0.2) is 0 Å². The fourth-order valence-corrected chi connectivity index (χ4v) is 5.40. The highest BCUT2D eigenvalue weighted by Gasteiger charge is 2.50. The first-order chi connectivity index (χ1) is 10.6. The molecule has 0 N–H and O–H groups in total. The molecule has 0 radical (unpaired) electrons. The standard InChI is InChI=1S/C14H18N4O3S/c19-14-13-8-17(22(20,21)12-1-2-12)7-10(13)3-4-18(14)11-5-15-9-16-6-11/h5-6,9-10,12-13H,1-4,7-8H2/t10-,13+/m1/s1. The van der Waals surface area contributed by atoms with Crippen LogP contribution >= 0.6 is 0 Å². The molecule has 3 heterocycles. The number of amides is 1. The Hall–Kier alpha value is -1.54. The maximum atomic E-state index is 12.7. The van der Waals surface area contributed by atoms with Crippen molar-refractivity contribution in [1.29, 1.82) is 0 Å². The maximum Gasteiger partial charge on any atom is 0.231 e. The highest BCUT2D eigenvalue weighted by atomic mass is 32.2. The molecule has 0 bridgehead atoms. The first-order valence-corrected chi connectivity index (χ1v) is 9.13. The molecule has 2 atom stereocenters. The van der Waals surface area contributed by atoms with Crippen molar-refractivity contribution in [2.75, 3.05) is 24.5 Å². The third kappa shape index (κ3) is 2.21. The van der Waals surface area contributed by atoms with Crippen LogP contribution in [0.1, 0.15) is 19.3 Å². The van der Waals surface area contributed by atoms with Gasteiger partial charge in [-0.15, -0.1) is 0 Å². The summed E-state index contributed by atoms with van der Waals surface area (Å²) in [4.78, 5) is 22.3. The predicted octanol–water partition coefficient (Wildman–Crippen LogP) is 0.253. The van der Waals surface area contributed by atoms with Crippen LogP contribution in [-0.2, 0) is 14.8 Å². The van der Waals surface area contributed by atoms with Gasteiger partial charge in [-0.3, -0.25) is 4.79 Å². The summed E-state index contributed by atoms with van der Waals surface area (Å²) in [6, 6.07) is 0. The minimum absolute atomic E-state index is 0.000420. The lowest BCUT2D eigenvalue weighted by molar-refractivity contribution is -0.124. The van der Waals surface area contributed by atoms with Gasteiger partial charge in [0.1, 0.15) is 6.33 Å². The largest absolute Gasteiger partial charge is 0.309 e. The summed E-state index contributed by atoms with van der Waals surface area (Å²) < 4.78 is 26.3. The highest BCUT2D eigenvalue weighted by Crippen LogP contribution is 2.39. The van der Waals surface area contributed by atoms with Crippen molar-refractivity contribution in [2.24, 2.45) is 11.8 Å². The van der Waals surface area contributed by atoms with Crippen molar-refractivity contribution in [3.05, 3.63) is 18.7 Å². The van der Waals surface area contributed by atoms with E-state index in [1.807, 2.05) is 0 Å². The van der Waals surface area contributed by atoms with Crippen LogP contribution in [0.3, 0.4) is 0 Å². The minimum atomic E-state index is -3.19. The zero-order valence-corrected chi connectivity index (χ0v) is 12.9. The number of hydrogen-bond donors (Lipinski definition) is 0. The molecule has 8 heteroatoms. The van der Waals surface area contributed by atoms with Gasteiger partial charge in [-0.25, -0.2) is 22.7 Å². The minimum Gasteiger partial charge on any atom is -0.309 e. The molecule has 1 aliphatic carbocycles. The molecule has 0 spiro atoms. The summed E-state index contributed by atoms with van der Waals surface area (Å²) in [5.41, 5.74) is 0.689. The summed E-state index contributed by atoms with van der Waals surface area (Å²) in [6.07, 6.45) is 7.02. The van der Waals surface area contributed by atoms with Gasteiger partial charge in [0.25, 0.3) is 0 Å². The lowest BCUT2D eigenvalue weighted by Crippen LogP contribution is -2.45. The SMILES string of the molecule is O=C1[C@H]2CN(S(=O)(=O)C3CC3)C[C@H]2CCN1c1cncnc1. The Balaban J connectivity index is 1.54. The van der Waals surface area contributed by atoms with Crippen LogP contribution in [0.5, 0.6) is 0 Å². The highest BCUT2D eigenvalue weighted by molar-refractivity contribution is 7.90. The van der Waals surface area contributed by atoms with Gasteiger partial charge in [-0.2, -0.15) is 0 Å². The molecule has 2 saturated heterocycles. The molecule has 0 aromatic carbocycles. The Morgan fingerprint density at radius 2 is 1.82 bits per heavy atom. The van der Waals surface area contributed by atoms with E-state index in [0.29, 0.717) is 25.3 Å². The smallest absolute Gasteiger partial charge is 0.231 e. The Labute approximate surface area is 129 Å². The van der Waals surface area contributed by atoms with Crippen LogP contribution in [0.25, 0.3) is 0 Å². The van der Waals surface area contributed by atoms with Gasteiger partial charge in [-0.1, -0.05) is 0 Å². The van der Waals surface area contributed by atoms with Crippen molar-refractivity contribution in [3.63, 3.8) is 0 Å². The average molecular weight is 322 g/mol. The Morgan fingerprint density at radius 3 is 2.50 bits per heavy atom. The number of fused-ring (bicyclic) bond motifs is 1. The molecule has 4 rings (SSSR count). The van der Waals surface area contributed by atoms with Crippen molar-refractivity contribution < 1.29 is 13.2 Å². The van der Waals surface area contributed by atoms with Gasteiger partial charge in [-0.05, 0) is 25.2 Å². The lowest BCUT2D eigenvalue weighted by atomic mass is 9.88. The number of piperidine rings is 1. The van der Waals surface area contributed by atoms with Gasteiger partial charge in [0.05, 0.1) is 29.2 Å². The Morgan fingerprint density at radius 1 is 1.09 bits per heavy atom. The topological polar surface area (TPSA) is 83.5 Å². The average Bonchev–Trinajstić information content (AvgIpc) is 3.28. The first-order valence-electron chi connectivity index (χ1n) is 7.63. The number of carbonyl (C=O) groups excluding carboxylic acids is 1. The Bertz CT molecular complexity index is 689. The number of carbonyl (C=O) groups is 1. The molecule has 1 aromatic heterocycles. The Kier molecular flexibility index (Phi) is 3.19. The van der Waals surface area contributed by atoms with Gasteiger partial charge < -0.3 is 4.90 Å². The summed E-state index contributed by atoms with van der Waals surface area (Å²) >= 11 is 0. The predicted molar refractivity (Wildman–Crippen MR) is 79.5 cm³/mol. The second-order valence-corrected chi connectivity index (χ2v) is 8.52.